The molecule has 1 aliphatic rings. The van der Waals surface area contributed by atoms with E-state index in [2.05, 4.69) is 15.8 Å². The molecule has 3 atom stereocenters. The summed E-state index contributed by atoms with van der Waals surface area (Å²) in [6, 6.07) is 5.25. The normalized spacial score (nSPS) is 18.6. The number of aryl methyl sites for hydroxylation is 2. The van der Waals surface area contributed by atoms with Crippen LogP contribution < -0.4 is 15.4 Å². The number of hydrogen-bond donors (Lipinski definition) is 3. The fraction of sp³-hybridized carbons (Fsp3) is 0.458. The third-order valence-electron chi connectivity index (χ3n) is 5.72. The van der Waals surface area contributed by atoms with E-state index in [1.54, 1.807) is 25.2 Å². The van der Waals surface area contributed by atoms with Gasteiger partial charge < -0.3 is 29.7 Å². The van der Waals surface area contributed by atoms with Crippen molar-refractivity contribution in [3.05, 3.63) is 39.7 Å². The molecule has 0 radical (unpaired) electrons. The maximum atomic E-state index is 9.98. The summed E-state index contributed by atoms with van der Waals surface area (Å²) in [5, 5.41) is 21.2. The van der Waals surface area contributed by atoms with Crippen LogP contribution in [0.15, 0.2) is 22.7 Å². The molecule has 0 aliphatic carbocycles. The lowest BCUT2D eigenvalue weighted by atomic mass is 10.1. The maximum absolute atomic E-state index is 9.98. The van der Waals surface area contributed by atoms with Crippen molar-refractivity contribution in [1.82, 2.24) is 20.4 Å². The van der Waals surface area contributed by atoms with Crippen molar-refractivity contribution >= 4 is 29.0 Å². The molecule has 3 N–H and O–H groups in total. The summed E-state index contributed by atoms with van der Waals surface area (Å²) in [5.41, 5.74) is 2.43. The Kier molecular flexibility index (Phi) is 8.13. The summed E-state index contributed by atoms with van der Waals surface area (Å²) >= 11 is 13.4. The van der Waals surface area contributed by atoms with Crippen LogP contribution in [0.1, 0.15) is 24.8 Å². The zero-order chi connectivity index (χ0) is 25.1. The number of likely N-dealkylation sites (N-methyl/N-ethyl adjacent to an activating group) is 1. The number of rotatable bonds is 9. The number of benzene rings is 1. The van der Waals surface area contributed by atoms with E-state index in [4.69, 9.17) is 47.2 Å². The van der Waals surface area contributed by atoms with Gasteiger partial charge in [0.15, 0.2) is 5.82 Å². The molecule has 3 aromatic rings. The Morgan fingerprint density at radius 1 is 1.26 bits per heavy atom. The van der Waals surface area contributed by atoms with Gasteiger partial charge in [0.05, 0.1) is 35.0 Å². The molecular formula is C24H29Cl2N5O4. The fourth-order valence-corrected chi connectivity index (χ4v) is 4.45. The average molecular weight is 522 g/mol. The maximum Gasteiger partial charge on any atom is 0.163 e. The van der Waals surface area contributed by atoms with E-state index in [0.717, 1.165) is 6.42 Å². The van der Waals surface area contributed by atoms with Gasteiger partial charge in [0.1, 0.15) is 40.8 Å². The Morgan fingerprint density at radius 2 is 2.06 bits per heavy atom. The van der Waals surface area contributed by atoms with Crippen LogP contribution in [0.5, 0.6) is 5.75 Å². The predicted octanol–water partition coefficient (Wildman–Crippen LogP) is 4.27. The van der Waals surface area contributed by atoms with Gasteiger partial charge in [-0.3, -0.25) is 0 Å². The van der Waals surface area contributed by atoms with Crippen LogP contribution in [-0.4, -0.2) is 65.3 Å². The second kappa shape index (κ2) is 11.1. The van der Waals surface area contributed by atoms with E-state index in [0.29, 0.717) is 68.9 Å². The SMILES string of the molecule is CNCC(O)COc1ccc(Cl)c(-c2nc(NC3COC(C)C3)c(Cl)c(-c3c(C)noc3C)n2)c1. The molecule has 0 saturated carbocycles. The molecule has 11 heteroatoms. The zero-order valence-electron chi connectivity index (χ0n) is 20.1. The van der Waals surface area contributed by atoms with Crippen molar-refractivity contribution in [3.8, 4) is 28.4 Å². The second-order valence-electron chi connectivity index (χ2n) is 8.64. The van der Waals surface area contributed by atoms with Gasteiger partial charge in [0.2, 0.25) is 0 Å². The van der Waals surface area contributed by atoms with Gasteiger partial charge in [0.25, 0.3) is 0 Å². The highest BCUT2D eigenvalue weighted by atomic mass is 35.5. The summed E-state index contributed by atoms with van der Waals surface area (Å²) in [6.45, 7) is 6.77. The first kappa shape index (κ1) is 25.7. The van der Waals surface area contributed by atoms with Crippen molar-refractivity contribution in [2.75, 3.05) is 32.1 Å². The third kappa shape index (κ3) is 5.87. The number of aliphatic hydroxyl groups is 1. The minimum absolute atomic E-state index is 0.0570. The zero-order valence-corrected chi connectivity index (χ0v) is 21.6. The van der Waals surface area contributed by atoms with E-state index in [1.165, 1.54) is 0 Å². The van der Waals surface area contributed by atoms with Crippen molar-refractivity contribution in [3.63, 3.8) is 0 Å². The molecule has 1 aromatic carbocycles. The number of ether oxygens (including phenoxy) is 2. The van der Waals surface area contributed by atoms with Crippen LogP contribution in [-0.2, 0) is 4.74 Å². The fourth-order valence-electron chi connectivity index (χ4n) is 4.01. The summed E-state index contributed by atoms with van der Waals surface area (Å²) in [4.78, 5) is 9.50. The molecule has 0 spiro atoms. The van der Waals surface area contributed by atoms with Crippen molar-refractivity contribution in [2.24, 2.45) is 0 Å². The Labute approximate surface area is 214 Å². The molecule has 188 valence electrons. The van der Waals surface area contributed by atoms with E-state index in [-0.39, 0.29) is 18.8 Å². The Bertz CT molecular complexity index is 1170. The summed E-state index contributed by atoms with van der Waals surface area (Å²) < 4.78 is 16.8. The van der Waals surface area contributed by atoms with Crippen LogP contribution in [0, 0.1) is 13.8 Å². The van der Waals surface area contributed by atoms with Gasteiger partial charge in [-0.25, -0.2) is 9.97 Å². The van der Waals surface area contributed by atoms with E-state index < -0.39 is 6.10 Å². The number of hydrogen-bond acceptors (Lipinski definition) is 9. The number of nitrogens with one attached hydrogen (secondary N) is 2. The molecule has 2 aromatic heterocycles. The summed E-state index contributed by atoms with van der Waals surface area (Å²) in [6.07, 6.45) is 0.329. The van der Waals surface area contributed by atoms with Crippen LogP contribution in [0.3, 0.4) is 0 Å². The van der Waals surface area contributed by atoms with Crippen LogP contribution in [0.4, 0.5) is 5.82 Å². The minimum atomic E-state index is -0.649. The van der Waals surface area contributed by atoms with Crippen LogP contribution in [0.25, 0.3) is 22.6 Å². The van der Waals surface area contributed by atoms with Gasteiger partial charge in [-0.2, -0.15) is 0 Å². The van der Waals surface area contributed by atoms with E-state index >= 15 is 0 Å². The molecule has 1 fully saturated rings. The second-order valence-corrected chi connectivity index (χ2v) is 9.43. The third-order valence-corrected chi connectivity index (χ3v) is 6.41. The molecule has 4 rings (SSSR count). The highest BCUT2D eigenvalue weighted by Gasteiger charge is 2.27. The number of anilines is 1. The largest absolute Gasteiger partial charge is 0.491 e. The van der Waals surface area contributed by atoms with Gasteiger partial charge in [-0.05, 0) is 52.4 Å². The summed E-state index contributed by atoms with van der Waals surface area (Å²) in [5.74, 6) is 1.97. The van der Waals surface area contributed by atoms with Gasteiger partial charge in [-0.15, -0.1) is 0 Å². The lowest BCUT2D eigenvalue weighted by Crippen LogP contribution is -2.29. The number of aromatic nitrogens is 3. The molecule has 1 saturated heterocycles. The lowest BCUT2D eigenvalue weighted by molar-refractivity contribution is 0.108. The molecule has 35 heavy (non-hydrogen) atoms. The first-order valence-corrected chi connectivity index (χ1v) is 12.2. The van der Waals surface area contributed by atoms with Crippen molar-refractivity contribution < 1.29 is 19.1 Å². The lowest BCUT2D eigenvalue weighted by Gasteiger charge is -2.17. The van der Waals surface area contributed by atoms with E-state index in [9.17, 15) is 5.11 Å². The summed E-state index contributed by atoms with van der Waals surface area (Å²) in [7, 11) is 1.77. The van der Waals surface area contributed by atoms with Crippen LogP contribution in [0.2, 0.25) is 10.0 Å². The van der Waals surface area contributed by atoms with Gasteiger partial charge >= 0.3 is 0 Å². The minimum Gasteiger partial charge on any atom is -0.491 e. The molecule has 1 aliphatic heterocycles. The predicted molar refractivity (Wildman–Crippen MR) is 135 cm³/mol. The topological polar surface area (TPSA) is 115 Å². The quantitative estimate of drug-likeness (QED) is 0.379. The molecule has 3 unspecified atom stereocenters. The molecule has 3 heterocycles. The van der Waals surface area contributed by atoms with Gasteiger partial charge in [-0.1, -0.05) is 28.4 Å². The van der Waals surface area contributed by atoms with Gasteiger partial charge in [0, 0.05) is 12.1 Å². The van der Waals surface area contributed by atoms with Crippen LogP contribution >= 0.6 is 23.2 Å². The molecule has 0 bridgehead atoms. The van der Waals surface area contributed by atoms with E-state index in [1.807, 2.05) is 20.8 Å². The number of aliphatic hydroxyl groups excluding tert-OH is 1. The van der Waals surface area contributed by atoms with Crippen molar-refractivity contribution in [1.29, 1.82) is 0 Å². The first-order valence-electron chi connectivity index (χ1n) is 11.4. The highest BCUT2D eigenvalue weighted by molar-refractivity contribution is 6.35. The number of nitrogens with zero attached hydrogens (tertiary/aromatic N) is 3. The van der Waals surface area contributed by atoms with Crippen molar-refractivity contribution in [2.45, 2.75) is 45.4 Å². The standard InChI is InChI=1S/C24H29Cl2N5O4/c1-12-7-15(10-33-12)28-24-21(26)22(20-13(2)31-35-14(20)3)29-23(30-24)18-8-17(5-6-19(18)25)34-11-16(32)9-27-4/h5-6,8,12,15-16,27,32H,7,9-11H2,1-4H3,(H,28,29,30). The Hall–Kier alpha value is -2.43. The molecule has 9 nitrogen and oxygen atoms in total. The monoisotopic (exact) mass is 521 g/mol. The Balaban J connectivity index is 1.76. The smallest absolute Gasteiger partial charge is 0.163 e. The molecule has 0 amide bonds. The first-order chi connectivity index (χ1) is 16.8. The number of halogens is 2. The highest BCUT2D eigenvalue weighted by Crippen LogP contribution is 2.39. The molecular weight excluding hydrogens is 493 g/mol. The average Bonchev–Trinajstić information content (AvgIpc) is 3.39. The Morgan fingerprint density at radius 3 is 2.71 bits per heavy atom.